The van der Waals surface area contributed by atoms with Crippen molar-refractivity contribution in [1.82, 2.24) is 4.57 Å². The number of carbonyl (C=O) groups excluding carboxylic acids is 1. The monoisotopic (exact) mass is 198 g/mol. The van der Waals surface area contributed by atoms with Crippen LogP contribution in [0.3, 0.4) is 0 Å². The van der Waals surface area contributed by atoms with Crippen molar-refractivity contribution in [3.05, 3.63) is 35.0 Å². The maximum atomic E-state index is 11.0. The zero-order valence-corrected chi connectivity index (χ0v) is 8.61. The summed E-state index contributed by atoms with van der Waals surface area (Å²) in [7, 11) is 1.89. The van der Waals surface area contributed by atoms with Gasteiger partial charge in [0.15, 0.2) is 6.29 Å². The van der Waals surface area contributed by atoms with E-state index in [-0.39, 0.29) is 0 Å². The number of aldehydes is 1. The molecule has 1 aromatic carbocycles. The molecule has 2 rings (SSSR count). The Morgan fingerprint density at radius 2 is 2.20 bits per heavy atom. The third kappa shape index (κ3) is 1.15. The van der Waals surface area contributed by atoms with Crippen LogP contribution in [-0.4, -0.2) is 10.9 Å². The Kier molecular flexibility index (Phi) is 2.05. The van der Waals surface area contributed by atoms with Gasteiger partial charge in [-0.3, -0.25) is 4.79 Å². The maximum absolute atomic E-state index is 11.0. The molecule has 0 saturated carbocycles. The van der Waals surface area contributed by atoms with Crippen LogP contribution in [0, 0.1) is 18.3 Å². The minimum Gasteiger partial charge on any atom is -0.347 e. The second-order valence-electron chi connectivity index (χ2n) is 3.49. The first-order valence-electron chi connectivity index (χ1n) is 4.64. The van der Waals surface area contributed by atoms with E-state index in [1.807, 2.05) is 30.7 Å². The first-order chi connectivity index (χ1) is 7.20. The highest BCUT2D eigenvalue weighted by Crippen LogP contribution is 2.26. The van der Waals surface area contributed by atoms with Crippen LogP contribution in [0.1, 0.15) is 21.6 Å². The van der Waals surface area contributed by atoms with Gasteiger partial charge in [-0.05, 0) is 19.1 Å². The Morgan fingerprint density at radius 1 is 1.47 bits per heavy atom. The molecule has 0 saturated heterocycles. The number of hydrogen-bond acceptors (Lipinski definition) is 2. The number of aromatic nitrogens is 1. The molecule has 0 bridgehead atoms. The van der Waals surface area contributed by atoms with Gasteiger partial charge in [-0.15, -0.1) is 0 Å². The Morgan fingerprint density at radius 3 is 2.80 bits per heavy atom. The summed E-state index contributed by atoms with van der Waals surface area (Å²) in [6.07, 6.45) is 0.818. The van der Waals surface area contributed by atoms with Crippen LogP contribution >= 0.6 is 0 Å². The highest BCUT2D eigenvalue weighted by atomic mass is 16.1. The van der Waals surface area contributed by atoms with E-state index in [0.717, 1.165) is 22.9 Å². The van der Waals surface area contributed by atoms with Crippen molar-refractivity contribution >= 4 is 17.2 Å². The quantitative estimate of drug-likeness (QED) is 0.659. The van der Waals surface area contributed by atoms with Crippen LogP contribution in [0.2, 0.25) is 0 Å². The zero-order valence-electron chi connectivity index (χ0n) is 8.61. The molecule has 15 heavy (non-hydrogen) atoms. The molecule has 0 aliphatic rings. The second kappa shape index (κ2) is 3.25. The Labute approximate surface area is 87.5 Å². The van der Waals surface area contributed by atoms with Gasteiger partial charge in [0.2, 0.25) is 0 Å². The predicted octanol–water partition coefficient (Wildman–Crippen LogP) is 2.17. The molecule has 1 aromatic heterocycles. The first kappa shape index (κ1) is 9.47. The van der Waals surface area contributed by atoms with E-state index in [1.165, 1.54) is 0 Å². The summed E-state index contributed by atoms with van der Waals surface area (Å²) in [6.45, 7) is 1.88. The van der Waals surface area contributed by atoms with Gasteiger partial charge in [-0.25, -0.2) is 0 Å². The van der Waals surface area contributed by atoms with Crippen LogP contribution < -0.4 is 0 Å². The van der Waals surface area contributed by atoms with Crippen LogP contribution in [0.4, 0.5) is 0 Å². The first-order valence-corrected chi connectivity index (χ1v) is 4.64. The topological polar surface area (TPSA) is 45.8 Å². The van der Waals surface area contributed by atoms with Gasteiger partial charge in [0.25, 0.3) is 0 Å². The fraction of sp³-hybridized carbons (Fsp3) is 0.167. The fourth-order valence-electron chi connectivity index (χ4n) is 1.88. The lowest BCUT2D eigenvalue weighted by molar-refractivity contribution is 0.112. The summed E-state index contributed by atoms with van der Waals surface area (Å²) >= 11 is 0. The summed E-state index contributed by atoms with van der Waals surface area (Å²) in [5, 5.41) is 9.74. The molecule has 0 radical (unpaired) electrons. The summed E-state index contributed by atoms with van der Waals surface area (Å²) in [5.41, 5.74) is 2.99. The predicted molar refractivity (Wildman–Crippen MR) is 57.8 cm³/mol. The summed E-state index contributed by atoms with van der Waals surface area (Å²) in [5.74, 6) is 0. The van der Waals surface area contributed by atoms with Crippen molar-refractivity contribution in [2.24, 2.45) is 7.05 Å². The lowest BCUT2D eigenvalue weighted by atomic mass is 10.1. The van der Waals surface area contributed by atoms with Crippen molar-refractivity contribution in [2.45, 2.75) is 6.92 Å². The minimum absolute atomic E-state index is 0.554. The second-order valence-corrected chi connectivity index (χ2v) is 3.49. The standard InChI is InChI=1S/C12H10N2O/c1-8-10(7-15)12-9(6-13)4-3-5-11(12)14(8)2/h3-5,7H,1-2H3. The molecule has 0 aliphatic carbocycles. The number of nitrogens with zero attached hydrogens (tertiary/aromatic N) is 2. The average Bonchev–Trinajstić information content (AvgIpc) is 2.52. The molecule has 2 aromatic rings. The van der Waals surface area contributed by atoms with Crippen molar-refractivity contribution in [3.63, 3.8) is 0 Å². The molecule has 0 unspecified atom stereocenters. The Bertz CT molecular complexity index is 588. The van der Waals surface area contributed by atoms with Crippen molar-refractivity contribution < 1.29 is 4.79 Å². The molecule has 0 N–H and O–H groups in total. The van der Waals surface area contributed by atoms with Crippen LogP contribution in [-0.2, 0) is 7.05 Å². The van der Waals surface area contributed by atoms with E-state index in [1.54, 1.807) is 6.07 Å². The Hall–Kier alpha value is -2.08. The minimum atomic E-state index is 0.554. The lowest BCUT2D eigenvalue weighted by Crippen LogP contribution is -1.91. The third-order valence-corrected chi connectivity index (χ3v) is 2.80. The summed E-state index contributed by atoms with van der Waals surface area (Å²) < 4.78 is 1.93. The van der Waals surface area contributed by atoms with Gasteiger partial charge in [0, 0.05) is 23.7 Å². The number of rotatable bonds is 1. The smallest absolute Gasteiger partial charge is 0.152 e. The highest BCUT2D eigenvalue weighted by Gasteiger charge is 2.13. The average molecular weight is 198 g/mol. The van der Waals surface area contributed by atoms with E-state index in [4.69, 9.17) is 5.26 Å². The lowest BCUT2D eigenvalue weighted by Gasteiger charge is -1.97. The van der Waals surface area contributed by atoms with E-state index in [0.29, 0.717) is 11.1 Å². The van der Waals surface area contributed by atoms with Crippen molar-refractivity contribution in [3.8, 4) is 6.07 Å². The normalized spacial score (nSPS) is 10.2. The molecular weight excluding hydrogens is 188 g/mol. The highest BCUT2D eigenvalue weighted by molar-refractivity contribution is 6.02. The molecule has 0 amide bonds. The van der Waals surface area contributed by atoms with E-state index < -0.39 is 0 Å². The van der Waals surface area contributed by atoms with Crippen LogP contribution in [0.25, 0.3) is 10.9 Å². The number of nitriles is 1. The van der Waals surface area contributed by atoms with E-state index >= 15 is 0 Å². The van der Waals surface area contributed by atoms with Crippen LogP contribution in [0.15, 0.2) is 18.2 Å². The molecule has 0 atom stereocenters. The largest absolute Gasteiger partial charge is 0.347 e. The van der Waals surface area contributed by atoms with Gasteiger partial charge < -0.3 is 4.57 Å². The number of aryl methyl sites for hydroxylation is 1. The number of hydrogen-bond donors (Lipinski definition) is 0. The fourth-order valence-corrected chi connectivity index (χ4v) is 1.88. The third-order valence-electron chi connectivity index (χ3n) is 2.80. The summed E-state index contributed by atoms with van der Waals surface area (Å²) in [4.78, 5) is 11.0. The van der Waals surface area contributed by atoms with Gasteiger partial charge >= 0.3 is 0 Å². The van der Waals surface area contributed by atoms with Gasteiger partial charge in [-0.2, -0.15) is 5.26 Å². The molecular formula is C12H10N2O. The van der Waals surface area contributed by atoms with Crippen molar-refractivity contribution in [2.75, 3.05) is 0 Å². The van der Waals surface area contributed by atoms with Gasteiger partial charge in [0.05, 0.1) is 17.1 Å². The maximum Gasteiger partial charge on any atom is 0.152 e. The molecule has 0 spiro atoms. The number of benzene rings is 1. The van der Waals surface area contributed by atoms with E-state index in [9.17, 15) is 4.79 Å². The van der Waals surface area contributed by atoms with Gasteiger partial charge in [0.1, 0.15) is 0 Å². The molecule has 0 fully saturated rings. The Balaban J connectivity index is 3.06. The zero-order chi connectivity index (χ0) is 11.0. The molecule has 0 aliphatic heterocycles. The van der Waals surface area contributed by atoms with Crippen LogP contribution in [0.5, 0.6) is 0 Å². The molecule has 74 valence electrons. The number of fused-ring (bicyclic) bond motifs is 1. The summed E-state index contributed by atoms with van der Waals surface area (Å²) in [6, 6.07) is 7.59. The van der Waals surface area contributed by atoms with Crippen molar-refractivity contribution in [1.29, 1.82) is 5.26 Å². The number of carbonyl (C=O) groups is 1. The van der Waals surface area contributed by atoms with Gasteiger partial charge in [-0.1, -0.05) is 6.07 Å². The molecule has 1 heterocycles. The van der Waals surface area contributed by atoms with E-state index in [2.05, 4.69) is 6.07 Å². The molecule has 3 heteroatoms. The molecule has 3 nitrogen and oxygen atoms in total. The SMILES string of the molecule is Cc1c(C=O)c2c(C#N)cccc2n1C.